The molecule has 0 spiro atoms. The highest BCUT2D eigenvalue weighted by molar-refractivity contribution is 4.75. The molecule has 1 rings (SSSR count). The minimum absolute atomic E-state index is 0.110. The molecular weight excluding hydrogens is 164 g/mol. The summed E-state index contributed by atoms with van der Waals surface area (Å²) in [7, 11) is 0. The van der Waals surface area contributed by atoms with Crippen LogP contribution >= 0.6 is 0 Å². The Balaban J connectivity index is 2.30. The number of ether oxygens (including phenoxy) is 1. The van der Waals surface area contributed by atoms with Gasteiger partial charge in [-0.2, -0.15) is 0 Å². The standard InChI is InChI=1S/C11H22O2/c1-9-4-6-10(7-5-9)13-11(2,3)8-12/h9-10,12H,4-8H2,1-3H3. The summed E-state index contributed by atoms with van der Waals surface area (Å²) >= 11 is 0. The van der Waals surface area contributed by atoms with E-state index in [0.29, 0.717) is 6.10 Å². The van der Waals surface area contributed by atoms with E-state index in [1.807, 2.05) is 13.8 Å². The van der Waals surface area contributed by atoms with Gasteiger partial charge >= 0.3 is 0 Å². The lowest BCUT2D eigenvalue weighted by Gasteiger charge is -2.33. The van der Waals surface area contributed by atoms with Gasteiger partial charge in [0.15, 0.2) is 0 Å². The van der Waals surface area contributed by atoms with E-state index in [1.54, 1.807) is 0 Å². The van der Waals surface area contributed by atoms with Gasteiger partial charge in [0, 0.05) is 0 Å². The highest BCUT2D eigenvalue weighted by atomic mass is 16.5. The van der Waals surface area contributed by atoms with Crippen LogP contribution in [0.2, 0.25) is 0 Å². The predicted octanol–water partition coefficient (Wildman–Crippen LogP) is 2.35. The highest BCUT2D eigenvalue weighted by Gasteiger charge is 2.25. The van der Waals surface area contributed by atoms with Crippen LogP contribution in [0.1, 0.15) is 46.5 Å². The molecule has 0 saturated heterocycles. The lowest BCUT2D eigenvalue weighted by Crippen LogP contribution is -2.35. The molecule has 0 unspecified atom stereocenters. The van der Waals surface area contributed by atoms with Crippen LogP contribution < -0.4 is 0 Å². The number of hydrogen-bond donors (Lipinski definition) is 1. The summed E-state index contributed by atoms with van der Waals surface area (Å²) in [5, 5.41) is 9.05. The van der Waals surface area contributed by atoms with E-state index in [9.17, 15) is 0 Å². The van der Waals surface area contributed by atoms with Gasteiger partial charge in [0.05, 0.1) is 18.3 Å². The largest absolute Gasteiger partial charge is 0.393 e. The molecule has 0 amide bonds. The Morgan fingerprint density at radius 2 is 1.77 bits per heavy atom. The molecule has 1 fully saturated rings. The summed E-state index contributed by atoms with van der Waals surface area (Å²) in [5.74, 6) is 0.858. The molecule has 0 aliphatic heterocycles. The van der Waals surface area contributed by atoms with Gasteiger partial charge in [-0.25, -0.2) is 0 Å². The zero-order valence-corrected chi connectivity index (χ0v) is 9.05. The number of aliphatic hydroxyl groups is 1. The fourth-order valence-electron chi connectivity index (χ4n) is 1.84. The third-order valence-electron chi connectivity index (χ3n) is 2.83. The lowest BCUT2D eigenvalue weighted by atomic mass is 9.88. The Morgan fingerprint density at radius 1 is 1.23 bits per heavy atom. The fraction of sp³-hybridized carbons (Fsp3) is 1.00. The second kappa shape index (κ2) is 4.43. The average molecular weight is 186 g/mol. The quantitative estimate of drug-likeness (QED) is 0.733. The molecule has 1 N–H and O–H groups in total. The van der Waals surface area contributed by atoms with Gasteiger partial charge in [0.1, 0.15) is 0 Å². The van der Waals surface area contributed by atoms with Crippen molar-refractivity contribution >= 4 is 0 Å². The maximum Gasteiger partial charge on any atom is 0.0859 e. The molecule has 0 atom stereocenters. The first-order valence-electron chi connectivity index (χ1n) is 5.32. The van der Waals surface area contributed by atoms with E-state index in [1.165, 1.54) is 12.8 Å². The summed E-state index contributed by atoms with van der Waals surface area (Å²) < 4.78 is 5.83. The number of rotatable bonds is 3. The van der Waals surface area contributed by atoms with E-state index in [0.717, 1.165) is 18.8 Å². The van der Waals surface area contributed by atoms with Gasteiger partial charge in [-0.15, -0.1) is 0 Å². The second-order valence-electron chi connectivity index (χ2n) is 4.92. The molecule has 1 aliphatic rings. The Morgan fingerprint density at radius 3 is 2.23 bits per heavy atom. The summed E-state index contributed by atoms with van der Waals surface area (Å²) in [6.45, 7) is 6.31. The molecule has 2 nitrogen and oxygen atoms in total. The third kappa shape index (κ3) is 3.65. The van der Waals surface area contributed by atoms with Crippen LogP contribution in [0.15, 0.2) is 0 Å². The molecule has 0 heterocycles. The molecule has 0 aromatic carbocycles. The lowest BCUT2D eigenvalue weighted by molar-refractivity contribution is -0.111. The highest BCUT2D eigenvalue weighted by Crippen LogP contribution is 2.28. The van der Waals surface area contributed by atoms with Crippen LogP contribution in [-0.4, -0.2) is 23.4 Å². The van der Waals surface area contributed by atoms with Crippen molar-refractivity contribution in [3.63, 3.8) is 0 Å². The molecule has 78 valence electrons. The zero-order valence-electron chi connectivity index (χ0n) is 9.05. The molecule has 1 saturated carbocycles. The predicted molar refractivity (Wildman–Crippen MR) is 53.7 cm³/mol. The van der Waals surface area contributed by atoms with Crippen molar-refractivity contribution in [2.75, 3.05) is 6.61 Å². The Bertz CT molecular complexity index is 146. The normalized spacial score (nSPS) is 30.5. The fourth-order valence-corrected chi connectivity index (χ4v) is 1.84. The van der Waals surface area contributed by atoms with Crippen molar-refractivity contribution in [1.82, 2.24) is 0 Å². The monoisotopic (exact) mass is 186 g/mol. The Kier molecular flexibility index (Phi) is 3.74. The van der Waals surface area contributed by atoms with E-state index in [2.05, 4.69) is 6.92 Å². The average Bonchev–Trinajstić information content (AvgIpc) is 2.09. The van der Waals surface area contributed by atoms with Crippen molar-refractivity contribution in [2.24, 2.45) is 5.92 Å². The van der Waals surface area contributed by atoms with E-state index in [4.69, 9.17) is 9.84 Å². The zero-order chi connectivity index (χ0) is 9.90. The van der Waals surface area contributed by atoms with Crippen LogP contribution in [0.3, 0.4) is 0 Å². The topological polar surface area (TPSA) is 29.5 Å². The van der Waals surface area contributed by atoms with Crippen molar-refractivity contribution in [1.29, 1.82) is 0 Å². The molecule has 13 heavy (non-hydrogen) atoms. The van der Waals surface area contributed by atoms with Gasteiger partial charge in [-0.05, 0) is 45.4 Å². The minimum atomic E-state index is -0.356. The van der Waals surface area contributed by atoms with Crippen LogP contribution in [-0.2, 0) is 4.74 Å². The smallest absolute Gasteiger partial charge is 0.0859 e. The van der Waals surface area contributed by atoms with Crippen molar-refractivity contribution < 1.29 is 9.84 Å². The first-order valence-corrected chi connectivity index (χ1v) is 5.32. The SMILES string of the molecule is CC1CCC(OC(C)(C)CO)CC1. The van der Waals surface area contributed by atoms with Crippen molar-refractivity contribution in [3.8, 4) is 0 Å². The second-order valence-corrected chi connectivity index (χ2v) is 4.92. The molecule has 0 bridgehead atoms. The molecule has 0 aromatic rings. The summed E-state index contributed by atoms with van der Waals surface area (Å²) in [6, 6.07) is 0. The third-order valence-corrected chi connectivity index (χ3v) is 2.83. The molecule has 0 aromatic heterocycles. The summed E-state index contributed by atoms with van der Waals surface area (Å²) in [5.41, 5.74) is -0.356. The van der Waals surface area contributed by atoms with E-state index < -0.39 is 0 Å². The Labute approximate surface area is 81.3 Å². The van der Waals surface area contributed by atoms with Crippen molar-refractivity contribution in [3.05, 3.63) is 0 Å². The first-order chi connectivity index (χ1) is 6.03. The minimum Gasteiger partial charge on any atom is -0.393 e. The van der Waals surface area contributed by atoms with Crippen LogP contribution in [0.4, 0.5) is 0 Å². The summed E-state index contributed by atoms with van der Waals surface area (Å²) in [4.78, 5) is 0. The summed E-state index contributed by atoms with van der Waals surface area (Å²) in [6.07, 6.45) is 5.23. The van der Waals surface area contributed by atoms with Crippen molar-refractivity contribution in [2.45, 2.75) is 58.2 Å². The van der Waals surface area contributed by atoms with E-state index >= 15 is 0 Å². The molecule has 2 heteroatoms. The van der Waals surface area contributed by atoms with Gasteiger partial charge in [-0.1, -0.05) is 6.92 Å². The maximum absolute atomic E-state index is 9.05. The molecular formula is C11H22O2. The van der Waals surface area contributed by atoms with Crippen LogP contribution in [0, 0.1) is 5.92 Å². The first kappa shape index (κ1) is 11.0. The molecule has 0 radical (unpaired) electrons. The maximum atomic E-state index is 9.05. The van der Waals surface area contributed by atoms with Crippen LogP contribution in [0.25, 0.3) is 0 Å². The van der Waals surface area contributed by atoms with Crippen LogP contribution in [0.5, 0.6) is 0 Å². The van der Waals surface area contributed by atoms with Gasteiger partial charge in [0.25, 0.3) is 0 Å². The Hall–Kier alpha value is -0.0800. The van der Waals surface area contributed by atoms with Gasteiger partial charge in [-0.3, -0.25) is 0 Å². The number of hydrogen-bond acceptors (Lipinski definition) is 2. The van der Waals surface area contributed by atoms with Gasteiger partial charge < -0.3 is 9.84 Å². The molecule has 1 aliphatic carbocycles. The van der Waals surface area contributed by atoms with E-state index in [-0.39, 0.29) is 12.2 Å². The number of aliphatic hydroxyl groups excluding tert-OH is 1. The van der Waals surface area contributed by atoms with Gasteiger partial charge in [0.2, 0.25) is 0 Å².